The fraction of sp³-hybridized carbons (Fsp3) is 0.833. The first-order chi connectivity index (χ1) is 8.13. The molecule has 96 valence electrons. The molecule has 0 bridgehead atoms. The van der Waals surface area contributed by atoms with Gasteiger partial charge in [0, 0.05) is 17.9 Å². The van der Waals surface area contributed by atoms with E-state index in [9.17, 15) is 4.79 Å². The molecular formula is C12H21N3O2. The molecule has 0 radical (unpaired) electrons. The molecule has 2 aliphatic rings. The van der Waals surface area contributed by atoms with E-state index in [0.717, 1.165) is 19.3 Å². The molecule has 0 aromatic carbocycles. The Hall–Kier alpha value is -1.26. The number of nitrogens with zero attached hydrogens (tertiary/aromatic N) is 1. The Kier molecular flexibility index (Phi) is 3.54. The van der Waals surface area contributed by atoms with E-state index in [1.165, 1.54) is 12.8 Å². The van der Waals surface area contributed by atoms with Gasteiger partial charge in [-0.2, -0.15) is 0 Å². The minimum absolute atomic E-state index is 0.00430. The highest BCUT2D eigenvalue weighted by atomic mass is 16.4. The average Bonchev–Trinajstić information content (AvgIpc) is 3.08. The number of nitrogens with two attached hydrogens (primary N) is 1. The molecule has 17 heavy (non-hydrogen) atoms. The van der Waals surface area contributed by atoms with Crippen molar-refractivity contribution in [3.8, 4) is 0 Å². The zero-order valence-electron chi connectivity index (χ0n) is 10.2. The van der Waals surface area contributed by atoms with Gasteiger partial charge in [0.15, 0.2) is 0 Å². The number of rotatable bonds is 4. The van der Waals surface area contributed by atoms with Crippen molar-refractivity contribution in [2.45, 2.75) is 45.1 Å². The highest BCUT2D eigenvalue weighted by molar-refractivity contribution is 5.85. The third-order valence-corrected chi connectivity index (χ3v) is 4.08. The first kappa shape index (κ1) is 12.2. The van der Waals surface area contributed by atoms with E-state index >= 15 is 0 Å². The summed E-state index contributed by atoms with van der Waals surface area (Å²) in [6.45, 7) is 1.99. The van der Waals surface area contributed by atoms with Crippen LogP contribution >= 0.6 is 0 Å². The van der Waals surface area contributed by atoms with Crippen LogP contribution in [0.25, 0.3) is 0 Å². The fourth-order valence-corrected chi connectivity index (χ4v) is 2.69. The summed E-state index contributed by atoms with van der Waals surface area (Å²) in [6, 6.07) is 0.0413. The Morgan fingerprint density at radius 2 is 2.12 bits per heavy atom. The van der Waals surface area contributed by atoms with Crippen molar-refractivity contribution in [3.05, 3.63) is 0 Å². The third-order valence-electron chi connectivity index (χ3n) is 4.08. The van der Waals surface area contributed by atoms with Gasteiger partial charge in [-0.15, -0.1) is 0 Å². The van der Waals surface area contributed by atoms with Gasteiger partial charge >= 0.3 is 0 Å². The second-order valence-electron chi connectivity index (χ2n) is 5.30. The first-order valence-corrected chi connectivity index (χ1v) is 6.41. The summed E-state index contributed by atoms with van der Waals surface area (Å²) in [7, 11) is 0. The van der Waals surface area contributed by atoms with E-state index in [0.29, 0.717) is 5.92 Å². The van der Waals surface area contributed by atoms with Gasteiger partial charge in [-0.25, -0.2) is 0 Å². The lowest BCUT2D eigenvalue weighted by Gasteiger charge is -2.21. The zero-order valence-corrected chi connectivity index (χ0v) is 10.2. The van der Waals surface area contributed by atoms with Crippen molar-refractivity contribution in [3.63, 3.8) is 0 Å². The predicted molar refractivity (Wildman–Crippen MR) is 64.6 cm³/mol. The number of nitrogens with one attached hydrogen (secondary N) is 1. The smallest absolute Gasteiger partial charge is 0.223 e. The van der Waals surface area contributed by atoms with Crippen molar-refractivity contribution >= 4 is 11.7 Å². The number of amidine groups is 1. The van der Waals surface area contributed by atoms with Gasteiger partial charge in [0.2, 0.25) is 5.91 Å². The summed E-state index contributed by atoms with van der Waals surface area (Å²) < 4.78 is 0. The van der Waals surface area contributed by atoms with Crippen LogP contribution in [0, 0.1) is 17.8 Å². The Labute approximate surface area is 101 Å². The van der Waals surface area contributed by atoms with Crippen LogP contribution in [-0.4, -0.2) is 23.0 Å². The van der Waals surface area contributed by atoms with Gasteiger partial charge in [-0.05, 0) is 31.6 Å². The monoisotopic (exact) mass is 239 g/mol. The van der Waals surface area contributed by atoms with E-state index < -0.39 is 0 Å². The van der Waals surface area contributed by atoms with E-state index in [4.69, 9.17) is 10.9 Å². The summed E-state index contributed by atoms with van der Waals surface area (Å²) in [5, 5.41) is 14.8. The molecule has 0 saturated heterocycles. The van der Waals surface area contributed by atoms with Gasteiger partial charge in [-0.3, -0.25) is 4.79 Å². The van der Waals surface area contributed by atoms with Gasteiger partial charge in [-0.1, -0.05) is 18.5 Å². The number of carbonyl (C=O) groups excluding carboxylic acids is 1. The average molecular weight is 239 g/mol. The number of hydrogen-bond donors (Lipinski definition) is 3. The molecule has 3 unspecified atom stereocenters. The molecule has 0 spiro atoms. The lowest BCUT2D eigenvalue weighted by atomic mass is 10.00. The standard InChI is InChI=1S/C12H21N3O2/c1-7(8-5-6-8)12(16)14-10-4-2-3-9(10)11(13)15-17/h7-10,17H,2-6H2,1H3,(H2,13,15)(H,14,16). The van der Waals surface area contributed by atoms with Crippen LogP contribution in [0.15, 0.2) is 5.16 Å². The van der Waals surface area contributed by atoms with Crippen LogP contribution in [0.1, 0.15) is 39.0 Å². The van der Waals surface area contributed by atoms with Crippen molar-refractivity contribution in [1.29, 1.82) is 0 Å². The molecule has 5 nitrogen and oxygen atoms in total. The summed E-state index contributed by atoms with van der Waals surface area (Å²) in [5.74, 6) is 1.03. The Balaban J connectivity index is 1.90. The third kappa shape index (κ3) is 2.70. The van der Waals surface area contributed by atoms with Crippen LogP contribution in [0.3, 0.4) is 0 Å². The normalized spacial score (nSPS) is 31.2. The molecule has 0 aromatic rings. The van der Waals surface area contributed by atoms with Crippen LogP contribution in [0.5, 0.6) is 0 Å². The molecule has 0 heterocycles. The maximum Gasteiger partial charge on any atom is 0.223 e. The summed E-state index contributed by atoms with van der Waals surface area (Å²) in [5.41, 5.74) is 5.64. The molecule has 1 amide bonds. The van der Waals surface area contributed by atoms with E-state index in [1.807, 2.05) is 6.92 Å². The molecule has 4 N–H and O–H groups in total. The second-order valence-corrected chi connectivity index (χ2v) is 5.30. The van der Waals surface area contributed by atoms with E-state index in [2.05, 4.69) is 10.5 Å². The predicted octanol–water partition coefficient (Wildman–Crippen LogP) is 1.06. The molecule has 5 heteroatoms. The largest absolute Gasteiger partial charge is 0.409 e. The van der Waals surface area contributed by atoms with Crippen LogP contribution in [0.2, 0.25) is 0 Å². The molecule has 2 aliphatic carbocycles. The first-order valence-electron chi connectivity index (χ1n) is 6.41. The minimum atomic E-state index is -0.00430. The highest BCUT2D eigenvalue weighted by Gasteiger charge is 2.36. The highest BCUT2D eigenvalue weighted by Crippen LogP contribution is 2.37. The van der Waals surface area contributed by atoms with Gasteiger partial charge in [0.25, 0.3) is 0 Å². The van der Waals surface area contributed by atoms with E-state index in [-0.39, 0.29) is 29.6 Å². The molecule has 3 atom stereocenters. The lowest BCUT2D eigenvalue weighted by Crippen LogP contribution is -2.44. The van der Waals surface area contributed by atoms with Gasteiger partial charge in [0.1, 0.15) is 5.84 Å². The molecular weight excluding hydrogens is 218 g/mol. The van der Waals surface area contributed by atoms with Gasteiger partial charge in [0.05, 0.1) is 0 Å². The zero-order chi connectivity index (χ0) is 12.4. The SMILES string of the molecule is CC(C(=O)NC1CCCC1C(N)=NO)C1CC1. The Morgan fingerprint density at radius 3 is 2.71 bits per heavy atom. The number of oxime groups is 1. The van der Waals surface area contributed by atoms with Crippen LogP contribution in [-0.2, 0) is 4.79 Å². The molecule has 2 rings (SSSR count). The van der Waals surface area contributed by atoms with Crippen molar-refractivity contribution in [2.75, 3.05) is 0 Å². The minimum Gasteiger partial charge on any atom is -0.409 e. The summed E-state index contributed by atoms with van der Waals surface area (Å²) in [6.07, 6.45) is 5.16. The van der Waals surface area contributed by atoms with Crippen LogP contribution < -0.4 is 11.1 Å². The number of carbonyl (C=O) groups is 1. The maximum atomic E-state index is 12.0. The van der Waals surface area contributed by atoms with Crippen molar-refractivity contribution in [1.82, 2.24) is 5.32 Å². The lowest BCUT2D eigenvalue weighted by molar-refractivity contribution is -0.125. The quantitative estimate of drug-likeness (QED) is 0.297. The molecule has 0 aliphatic heterocycles. The van der Waals surface area contributed by atoms with Crippen molar-refractivity contribution < 1.29 is 10.0 Å². The molecule has 2 fully saturated rings. The van der Waals surface area contributed by atoms with Crippen LogP contribution in [0.4, 0.5) is 0 Å². The fourth-order valence-electron chi connectivity index (χ4n) is 2.69. The second kappa shape index (κ2) is 4.94. The Bertz CT molecular complexity index is 326. The summed E-state index contributed by atoms with van der Waals surface area (Å²) in [4.78, 5) is 12.0. The van der Waals surface area contributed by atoms with Gasteiger partial charge < -0.3 is 16.3 Å². The number of hydrogen-bond acceptors (Lipinski definition) is 3. The Morgan fingerprint density at radius 1 is 1.41 bits per heavy atom. The maximum absolute atomic E-state index is 12.0. The molecule has 2 saturated carbocycles. The van der Waals surface area contributed by atoms with E-state index in [1.54, 1.807) is 0 Å². The molecule has 0 aromatic heterocycles. The topological polar surface area (TPSA) is 87.7 Å². The van der Waals surface area contributed by atoms with Crippen molar-refractivity contribution in [2.24, 2.45) is 28.6 Å². The number of amides is 1. The summed E-state index contributed by atoms with van der Waals surface area (Å²) >= 11 is 0.